The molecule has 6 heteroatoms. The van der Waals surface area contributed by atoms with Crippen molar-refractivity contribution in [2.24, 2.45) is 0 Å². The molecule has 0 amide bonds. The molecule has 0 unspecified atom stereocenters. The largest absolute Gasteiger partial charge is 0.308 e. The summed E-state index contributed by atoms with van der Waals surface area (Å²) < 4.78 is 24.7. The van der Waals surface area contributed by atoms with Crippen LogP contribution >= 0.6 is 0 Å². The lowest BCUT2D eigenvalue weighted by Gasteiger charge is -2.21. The van der Waals surface area contributed by atoms with E-state index in [9.17, 15) is 8.42 Å². The quantitative estimate of drug-likeness (QED) is 0.740. The van der Waals surface area contributed by atoms with Gasteiger partial charge in [0.15, 0.2) is 0 Å². The minimum atomic E-state index is -3.19. The van der Waals surface area contributed by atoms with Gasteiger partial charge in [0, 0.05) is 19.3 Å². The van der Waals surface area contributed by atoms with Crippen molar-refractivity contribution in [3.63, 3.8) is 0 Å². The minimum absolute atomic E-state index is 0.327. The maximum atomic E-state index is 11.6. The Balaban J connectivity index is 2.72. The van der Waals surface area contributed by atoms with Crippen LogP contribution in [0, 0.1) is 0 Å². The van der Waals surface area contributed by atoms with Crippen LogP contribution in [-0.4, -0.2) is 56.0 Å². The highest BCUT2D eigenvalue weighted by molar-refractivity contribution is 7.88. The Kier molecular flexibility index (Phi) is 5.04. The molecule has 0 aromatic carbocycles. The Hall–Kier alpha value is -0.980. The van der Waals surface area contributed by atoms with E-state index in [0.717, 1.165) is 5.69 Å². The monoisotopic (exact) mass is 257 g/mol. The lowest BCUT2D eigenvalue weighted by Crippen LogP contribution is -2.35. The topological polar surface area (TPSA) is 53.5 Å². The molecule has 1 aromatic heterocycles. The molecule has 0 saturated heterocycles. The van der Waals surface area contributed by atoms with Crippen molar-refractivity contribution in [1.29, 1.82) is 0 Å². The molecular weight excluding hydrogens is 238 g/mol. The van der Waals surface area contributed by atoms with E-state index in [2.05, 4.69) is 4.98 Å². The second-order valence-electron chi connectivity index (χ2n) is 4.22. The normalized spacial score (nSPS) is 12.3. The lowest BCUT2D eigenvalue weighted by atomic mass is 10.3. The van der Waals surface area contributed by atoms with Gasteiger partial charge in [0.25, 0.3) is 0 Å². The van der Waals surface area contributed by atoms with Crippen LogP contribution in [0.15, 0.2) is 24.4 Å². The van der Waals surface area contributed by atoms with E-state index < -0.39 is 10.0 Å². The van der Waals surface area contributed by atoms with E-state index in [1.807, 2.05) is 37.2 Å². The van der Waals surface area contributed by atoms with Crippen LogP contribution in [0.5, 0.6) is 0 Å². The summed E-state index contributed by atoms with van der Waals surface area (Å²) >= 11 is 0. The molecule has 0 fully saturated rings. The highest BCUT2D eigenvalue weighted by Crippen LogP contribution is 2.05. The number of hydrogen-bond acceptors (Lipinski definition) is 4. The summed E-state index contributed by atoms with van der Waals surface area (Å²) in [5, 5.41) is 0. The molecule has 0 aliphatic rings. The van der Waals surface area contributed by atoms with E-state index in [4.69, 9.17) is 0 Å². The standard InChI is InChI=1S/C11H19N3O2S/c1-13(2)8-9-14(17(3,15)16)10-11-6-4-5-7-12-11/h4-7H,8-10H2,1-3H3. The van der Waals surface area contributed by atoms with Gasteiger partial charge in [-0.15, -0.1) is 0 Å². The number of pyridine rings is 1. The third-order valence-corrected chi connectivity index (χ3v) is 3.58. The van der Waals surface area contributed by atoms with Gasteiger partial charge in [-0.25, -0.2) is 8.42 Å². The SMILES string of the molecule is CN(C)CCN(Cc1ccccn1)S(C)(=O)=O. The molecule has 0 spiro atoms. The van der Waals surface area contributed by atoms with Crippen LogP contribution in [-0.2, 0) is 16.6 Å². The summed E-state index contributed by atoms with van der Waals surface area (Å²) in [6, 6.07) is 5.50. The fourth-order valence-corrected chi connectivity index (χ4v) is 2.13. The summed E-state index contributed by atoms with van der Waals surface area (Å²) in [6.45, 7) is 1.50. The fraction of sp³-hybridized carbons (Fsp3) is 0.545. The molecule has 0 radical (unpaired) electrons. The van der Waals surface area contributed by atoms with Crippen LogP contribution in [0.3, 0.4) is 0 Å². The Bertz CT molecular complexity index is 431. The van der Waals surface area contributed by atoms with Gasteiger partial charge in [0.05, 0.1) is 18.5 Å². The van der Waals surface area contributed by atoms with Crippen LogP contribution in [0.2, 0.25) is 0 Å². The molecule has 5 nitrogen and oxygen atoms in total. The van der Waals surface area contributed by atoms with Gasteiger partial charge in [0.1, 0.15) is 0 Å². The maximum Gasteiger partial charge on any atom is 0.211 e. The number of nitrogens with zero attached hydrogens (tertiary/aromatic N) is 3. The maximum absolute atomic E-state index is 11.6. The second kappa shape index (κ2) is 6.09. The molecule has 0 bridgehead atoms. The second-order valence-corrected chi connectivity index (χ2v) is 6.20. The van der Waals surface area contributed by atoms with Crippen LogP contribution in [0.1, 0.15) is 5.69 Å². The van der Waals surface area contributed by atoms with Crippen molar-refractivity contribution in [3.8, 4) is 0 Å². The first-order chi connectivity index (χ1) is 7.89. The number of aromatic nitrogens is 1. The first-order valence-corrected chi connectivity index (χ1v) is 7.24. The van der Waals surface area contributed by atoms with E-state index >= 15 is 0 Å². The van der Waals surface area contributed by atoms with E-state index in [1.54, 1.807) is 6.20 Å². The first kappa shape index (κ1) is 14.1. The summed E-state index contributed by atoms with van der Waals surface area (Å²) in [7, 11) is 0.644. The van der Waals surface area contributed by atoms with Gasteiger partial charge in [-0.2, -0.15) is 4.31 Å². The highest BCUT2D eigenvalue weighted by atomic mass is 32.2. The van der Waals surface area contributed by atoms with Gasteiger partial charge in [-0.3, -0.25) is 4.98 Å². The molecule has 96 valence electrons. The van der Waals surface area contributed by atoms with Gasteiger partial charge in [-0.05, 0) is 26.2 Å². The Labute approximate surface area is 103 Å². The number of hydrogen-bond donors (Lipinski definition) is 0. The van der Waals surface area contributed by atoms with Gasteiger partial charge in [0.2, 0.25) is 10.0 Å². The minimum Gasteiger partial charge on any atom is -0.308 e. The zero-order valence-corrected chi connectivity index (χ0v) is 11.3. The predicted octanol–water partition coefficient (Wildman–Crippen LogP) is 0.405. The molecule has 1 rings (SSSR count). The van der Waals surface area contributed by atoms with Crippen molar-refractivity contribution in [2.45, 2.75) is 6.54 Å². The molecule has 0 saturated carbocycles. The average Bonchev–Trinajstić information content (AvgIpc) is 2.23. The fourth-order valence-electron chi connectivity index (χ4n) is 1.35. The van der Waals surface area contributed by atoms with E-state index in [-0.39, 0.29) is 0 Å². The summed E-state index contributed by atoms with van der Waals surface area (Å²) in [4.78, 5) is 6.09. The smallest absolute Gasteiger partial charge is 0.211 e. The van der Waals surface area contributed by atoms with Crippen molar-refractivity contribution in [1.82, 2.24) is 14.2 Å². The van der Waals surface area contributed by atoms with Gasteiger partial charge < -0.3 is 4.90 Å². The average molecular weight is 257 g/mol. The molecule has 1 aromatic rings. The van der Waals surface area contributed by atoms with Gasteiger partial charge in [-0.1, -0.05) is 6.07 Å². The van der Waals surface area contributed by atoms with E-state index in [0.29, 0.717) is 19.6 Å². The molecule has 0 aliphatic carbocycles. The Morgan fingerprint density at radius 1 is 1.24 bits per heavy atom. The third-order valence-electron chi connectivity index (χ3n) is 2.33. The molecular formula is C11H19N3O2S. The zero-order chi connectivity index (χ0) is 12.9. The van der Waals surface area contributed by atoms with Crippen molar-refractivity contribution in [3.05, 3.63) is 30.1 Å². The van der Waals surface area contributed by atoms with Crippen LogP contribution in [0.25, 0.3) is 0 Å². The molecule has 17 heavy (non-hydrogen) atoms. The molecule has 0 N–H and O–H groups in total. The summed E-state index contributed by atoms with van der Waals surface area (Å²) in [6.07, 6.45) is 2.90. The predicted molar refractivity (Wildman–Crippen MR) is 68.0 cm³/mol. The molecule has 0 atom stereocenters. The number of sulfonamides is 1. The summed E-state index contributed by atoms with van der Waals surface area (Å²) in [5.74, 6) is 0. The number of likely N-dealkylation sites (N-methyl/N-ethyl adjacent to an activating group) is 1. The van der Waals surface area contributed by atoms with E-state index in [1.165, 1.54) is 10.6 Å². The Morgan fingerprint density at radius 2 is 1.94 bits per heavy atom. The van der Waals surface area contributed by atoms with Crippen LogP contribution < -0.4 is 0 Å². The first-order valence-electron chi connectivity index (χ1n) is 5.39. The zero-order valence-electron chi connectivity index (χ0n) is 10.5. The van der Waals surface area contributed by atoms with Crippen molar-refractivity contribution >= 4 is 10.0 Å². The lowest BCUT2D eigenvalue weighted by molar-refractivity contribution is 0.329. The van der Waals surface area contributed by atoms with Crippen molar-refractivity contribution in [2.75, 3.05) is 33.4 Å². The molecule has 1 heterocycles. The highest BCUT2D eigenvalue weighted by Gasteiger charge is 2.17. The molecule has 0 aliphatic heterocycles. The van der Waals surface area contributed by atoms with Crippen LogP contribution in [0.4, 0.5) is 0 Å². The summed E-state index contributed by atoms with van der Waals surface area (Å²) in [5.41, 5.74) is 0.761. The Morgan fingerprint density at radius 3 is 2.41 bits per heavy atom. The number of rotatable bonds is 6. The third kappa shape index (κ3) is 5.25. The van der Waals surface area contributed by atoms with Gasteiger partial charge >= 0.3 is 0 Å². The van der Waals surface area contributed by atoms with Crippen molar-refractivity contribution < 1.29 is 8.42 Å².